The van der Waals surface area contributed by atoms with E-state index in [1.807, 2.05) is 0 Å². The highest BCUT2D eigenvalue weighted by Gasteiger charge is 2.43. The number of aromatic nitrogens is 1. The van der Waals surface area contributed by atoms with Gasteiger partial charge < -0.3 is 9.26 Å². The van der Waals surface area contributed by atoms with Gasteiger partial charge in [0, 0.05) is 0 Å². The van der Waals surface area contributed by atoms with Crippen molar-refractivity contribution in [1.29, 1.82) is 0 Å². The molecule has 1 aromatic carbocycles. The minimum Gasteiger partial charge on any atom is -0.447 e. The zero-order valence-electron chi connectivity index (χ0n) is 10.6. The van der Waals surface area contributed by atoms with Crippen LogP contribution in [-0.2, 0) is 4.74 Å². The second-order valence-corrected chi connectivity index (χ2v) is 4.44. The summed E-state index contributed by atoms with van der Waals surface area (Å²) in [4.78, 5) is 22.8. The zero-order valence-corrected chi connectivity index (χ0v) is 10.6. The van der Waals surface area contributed by atoms with Crippen LogP contribution < -0.4 is 4.90 Å². The normalized spacial score (nSPS) is 18.3. The van der Waals surface area contributed by atoms with Crippen molar-refractivity contribution in [2.75, 3.05) is 11.5 Å². The maximum atomic E-state index is 13.7. The topological polar surface area (TPSA) is 72.6 Å². The molecule has 1 amide bonds. The Morgan fingerprint density at radius 2 is 2.09 bits per heavy atom. The van der Waals surface area contributed by atoms with Crippen LogP contribution in [0.4, 0.5) is 28.2 Å². The van der Waals surface area contributed by atoms with Crippen molar-refractivity contribution in [3.05, 3.63) is 23.3 Å². The molecule has 0 radical (unpaired) electrons. The van der Waals surface area contributed by atoms with Crippen LogP contribution >= 0.6 is 0 Å². The van der Waals surface area contributed by atoms with Crippen molar-refractivity contribution in [2.45, 2.75) is 12.5 Å². The summed E-state index contributed by atoms with van der Waals surface area (Å²) in [6, 6.07) is -0.783. The molecule has 1 fully saturated rings. The van der Waals surface area contributed by atoms with Gasteiger partial charge in [0.15, 0.2) is 17.9 Å². The van der Waals surface area contributed by atoms with E-state index in [0.717, 1.165) is 6.07 Å². The third kappa shape index (κ3) is 1.90. The van der Waals surface area contributed by atoms with Gasteiger partial charge in [0.2, 0.25) is 11.4 Å². The van der Waals surface area contributed by atoms with Gasteiger partial charge in [-0.25, -0.2) is 22.9 Å². The molecule has 0 bridgehead atoms. The number of benzene rings is 1. The summed E-state index contributed by atoms with van der Waals surface area (Å²) < 4.78 is 62.2. The quantitative estimate of drug-likeness (QED) is 0.642. The Balaban J connectivity index is 2.21. The number of carbonyl (C=O) groups excluding carboxylic acids is 2. The molecule has 10 heteroatoms. The molecule has 0 aliphatic carbocycles. The largest absolute Gasteiger partial charge is 0.447 e. The maximum Gasteiger partial charge on any atom is 0.416 e. The lowest BCUT2D eigenvalue weighted by Gasteiger charge is -2.17. The fourth-order valence-electron chi connectivity index (χ4n) is 2.15. The molecule has 6 nitrogen and oxygen atoms in total. The number of hydrogen-bond acceptors (Lipinski definition) is 5. The number of aldehydes is 1. The summed E-state index contributed by atoms with van der Waals surface area (Å²) >= 11 is 0. The van der Waals surface area contributed by atoms with E-state index in [9.17, 15) is 27.2 Å². The molecular weight excluding hydrogens is 312 g/mol. The lowest BCUT2D eigenvalue weighted by molar-refractivity contribution is 0.104. The van der Waals surface area contributed by atoms with Gasteiger partial charge in [0.05, 0.1) is 10.9 Å². The average molecular weight is 318 g/mol. The molecule has 22 heavy (non-hydrogen) atoms. The van der Waals surface area contributed by atoms with Crippen molar-refractivity contribution in [2.24, 2.45) is 0 Å². The molecule has 0 spiro atoms. The van der Waals surface area contributed by atoms with E-state index in [-0.39, 0.29) is 11.7 Å². The van der Waals surface area contributed by atoms with E-state index in [2.05, 4.69) is 14.4 Å². The fraction of sp³-hybridized carbons (Fsp3) is 0.250. The monoisotopic (exact) mass is 318 g/mol. The summed E-state index contributed by atoms with van der Waals surface area (Å²) in [7, 11) is 0. The smallest absolute Gasteiger partial charge is 0.416 e. The Kier molecular flexibility index (Phi) is 3.23. The van der Waals surface area contributed by atoms with E-state index in [1.54, 1.807) is 0 Å². The molecule has 1 saturated heterocycles. The van der Waals surface area contributed by atoms with Crippen molar-refractivity contribution >= 4 is 29.2 Å². The zero-order chi connectivity index (χ0) is 16.0. The van der Waals surface area contributed by atoms with E-state index in [0.29, 0.717) is 4.90 Å². The van der Waals surface area contributed by atoms with E-state index in [4.69, 9.17) is 0 Å². The average Bonchev–Trinajstić information content (AvgIpc) is 3.05. The molecule has 1 aromatic heterocycles. The highest BCUT2D eigenvalue weighted by atomic mass is 19.3. The lowest BCUT2D eigenvalue weighted by atomic mass is 10.1. The molecule has 1 atom stereocenters. The number of ether oxygens (including phenoxy) is 1. The van der Waals surface area contributed by atoms with Crippen LogP contribution in [-0.4, -0.2) is 36.6 Å². The van der Waals surface area contributed by atoms with E-state index in [1.165, 1.54) is 0 Å². The number of carbonyl (C=O) groups is 2. The van der Waals surface area contributed by atoms with Crippen LogP contribution in [0.2, 0.25) is 0 Å². The minimum absolute atomic E-state index is 0.0432. The summed E-state index contributed by atoms with van der Waals surface area (Å²) in [6.45, 7) is -0.588. The molecule has 0 N–H and O–H groups in total. The predicted molar refractivity (Wildman–Crippen MR) is 62.9 cm³/mol. The molecular formula is C12H6F4N2O4. The van der Waals surface area contributed by atoms with Gasteiger partial charge in [0.1, 0.15) is 12.6 Å². The third-order valence-electron chi connectivity index (χ3n) is 3.21. The number of anilines is 1. The number of fused-ring (bicyclic) bond motifs is 1. The lowest BCUT2D eigenvalue weighted by Crippen LogP contribution is -2.39. The molecule has 116 valence electrons. The Hall–Kier alpha value is -2.65. The standard InChI is InChI=1S/C12H6F4N2O4/c13-7-4(2-19)1-5-9(8(7)14)22-17-11(5)18-6(10(15)16)3-21-12(18)20/h1-2,6,10H,3H2/t6-/m1/s1. The van der Waals surface area contributed by atoms with Crippen LogP contribution in [0.1, 0.15) is 10.4 Å². The first-order valence-electron chi connectivity index (χ1n) is 5.92. The van der Waals surface area contributed by atoms with Gasteiger partial charge in [-0.15, -0.1) is 0 Å². The van der Waals surface area contributed by atoms with Gasteiger partial charge in [-0.2, -0.15) is 4.39 Å². The maximum absolute atomic E-state index is 13.7. The number of rotatable bonds is 3. The second kappa shape index (κ2) is 4.97. The fourth-order valence-corrected chi connectivity index (χ4v) is 2.15. The first-order chi connectivity index (χ1) is 10.5. The molecule has 2 heterocycles. The van der Waals surface area contributed by atoms with Gasteiger partial charge in [-0.1, -0.05) is 5.16 Å². The van der Waals surface area contributed by atoms with Crippen LogP contribution in [0, 0.1) is 11.6 Å². The third-order valence-corrected chi connectivity index (χ3v) is 3.21. The van der Waals surface area contributed by atoms with Crippen LogP contribution in [0.25, 0.3) is 11.0 Å². The Morgan fingerprint density at radius 3 is 2.73 bits per heavy atom. The number of halogens is 4. The van der Waals surface area contributed by atoms with Crippen molar-refractivity contribution in [3.63, 3.8) is 0 Å². The summed E-state index contributed by atoms with van der Waals surface area (Å²) in [5, 5.41) is 3.05. The molecule has 0 saturated carbocycles. The number of hydrogen-bond donors (Lipinski definition) is 0. The van der Waals surface area contributed by atoms with E-state index >= 15 is 0 Å². The highest BCUT2D eigenvalue weighted by Crippen LogP contribution is 2.34. The Bertz CT molecular complexity index is 776. The Labute approximate surface area is 119 Å². The first kappa shape index (κ1) is 14.3. The number of alkyl halides is 2. The van der Waals surface area contributed by atoms with E-state index < -0.39 is 53.8 Å². The molecule has 3 rings (SSSR count). The first-order valence-corrected chi connectivity index (χ1v) is 5.92. The van der Waals surface area contributed by atoms with Crippen LogP contribution in [0.15, 0.2) is 10.6 Å². The van der Waals surface area contributed by atoms with Crippen molar-refractivity contribution < 1.29 is 36.4 Å². The van der Waals surface area contributed by atoms with Crippen molar-refractivity contribution in [1.82, 2.24) is 5.16 Å². The van der Waals surface area contributed by atoms with Gasteiger partial charge >= 0.3 is 6.09 Å². The second-order valence-electron chi connectivity index (χ2n) is 4.44. The molecule has 2 aromatic rings. The van der Waals surface area contributed by atoms with Gasteiger partial charge in [0.25, 0.3) is 6.43 Å². The van der Waals surface area contributed by atoms with Crippen LogP contribution in [0.5, 0.6) is 0 Å². The minimum atomic E-state index is -2.95. The predicted octanol–water partition coefficient (Wildman–Crippen LogP) is 2.51. The highest BCUT2D eigenvalue weighted by molar-refractivity contribution is 6.01. The van der Waals surface area contributed by atoms with Gasteiger partial charge in [-0.05, 0) is 6.07 Å². The summed E-state index contributed by atoms with van der Waals surface area (Å²) in [6.07, 6.45) is -4.03. The molecule has 1 aliphatic rings. The summed E-state index contributed by atoms with van der Waals surface area (Å²) in [5.41, 5.74) is -1.35. The summed E-state index contributed by atoms with van der Waals surface area (Å²) in [5.74, 6) is -3.43. The number of cyclic esters (lactones) is 1. The van der Waals surface area contributed by atoms with Crippen LogP contribution in [0.3, 0.4) is 0 Å². The molecule has 0 unspecified atom stereocenters. The van der Waals surface area contributed by atoms with Crippen molar-refractivity contribution in [3.8, 4) is 0 Å². The van der Waals surface area contributed by atoms with Gasteiger partial charge in [-0.3, -0.25) is 4.79 Å². The number of amides is 1. The SMILES string of the molecule is O=Cc1cc2c(N3C(=O)OC[C@@H]3C(F)F)noc2c(F)c1F. The Morgan fingerprint density at radius 1 is 1.36 bits per heavy atom. The molecule has 1 aliphatic heterocycles. The number of nitrogens with zero attached hydrogens (tertiary/aromatic N) is 2.